The van der Waals surface area contributed by atoms with Crippen molar-refractivity contribution in [1.82, 2.24) is 4.98 Å². The van der Waals surface area contributed by atoms with Gasteiger partial charge in [0.25, 0.3) is 6.43 Å². The second kappa shape index (κ2) is 4.82. The number of pyridine rings is 1. The van der Waals surface area contributed by atoms with Crippen LogP contribution in [0.1, 0.15) is 23.2 Å². The lowest BCUT2D eigenvalue weighted by atomic mass is 10.1. The second-order valence-corrected chi connectivity index (χ2v) is 3.21. The van der Waals surface area contributed by atoms with Crippen molar-refractivity contribution >= 4 is 0 Å². The average molecular weight is 256 g/mol. The Morgan fingerprint density at radius 2 is 2.00 bits per heavy atom. The number of ether oxygens (including phenoxy) is 1. The first-order chi connectivity index (χ1) is 7.74. The number of nitrogens with two attached hydrogens (primary N) is 1. The lowest BCUT2D eigenvalue weighted by Gasteiger charge is -2.14. The molecule has 0 unspecified atom stereocenters. The van der Waals surface area contributed by atoms with Gasteiger partial charge in [-0.25, -0.2) is 13.8 Å². The van der Waals surface area contributed by atoms with Gasteiger partial charge in [-0.05, 0) is 18.6 Å². The van der Waals surface area contributed by atoms with E-state index in [0.29, 0.717) is 0 Å². The fourth-order valence-electron chi connectivity index (χ4n) is 1.23. The van der Waals surface area contributed by atoms with Crippen LogP contribution in [0.2, 0.25) is 0 Å². The lowest BCUT2D eigenvalue weighted by molar-refractivity contribution is -0.276. The molecule has 0 amide bonds. The third kappa shape index (κ3) is 3.52. The van der Waals surface area contributed by atoms with Crippen molar-refractivity contribution in [3.8, 4) is 5.88 Å². The Bertz CT molecular complexity index is 405. The number of nitrogens with zero attached hydrogens (tertiary/aromatic N) is 1. The second-order valence-electron chi connectivity index (χ2n) is 3.21. The van der Waals surface area contributed by atoms with Crippen molar-refractivity contribution < 1.29 is 26.7 Å². The molecule has 0 saturated carbocycles. The van der Waals surface area contributed by atoms with E-state index in [4.69, 9.17) is 5.73 Å². The molecule has 0 saturated heterocycles. The molecule has 0 bridgehead atoms. The van der Waals surface area contributed by atoms with Crippen molar-refractivity contribution in [2.45, 2.75) is 26.3 Å². The molecule has 0 fully saturated rings. The molecule has 2 N–H and O–H groups in total. The highest BCUT2D eigenvalue weighted by atomic mass is 19.4. The molecular formula is C9H9F5N2O. The SMILES string of the molecule is Cc1cc(CN)c(OC(F)(F)F)nc1C(F)F. The van der Waals surface area contributed by atoms with E-state index in [1.807, 2.05) is 0 Å². The topological polar surface area (TPSA) is 48.1 Å². The summed E-state index contributed by atoms with van der Waals surface area (Å²) in [5.74, 6) is -0.930. The monoisotopic (exact) mass is 256 g/mol. The van der Waals surface area contributed by atoms with Crippen LogP contribution >= 0.6 is 0 Å². The highest BCUT2D eigenvalue weighted by Crippen LogP contribution is 2.29. The minimum absolute atomic E-state index is 0.0648. The predicted molar refractivity (Wildman–Crippen MR) is 48.5 cm³/mol. The molecule has 0 aromatic carbocycles. The van der Waals surface area contributed by atoms with Crippen LogP contribution in [0.15, 0.2) is 6.07 Å². The molecule has 0 spiro atoms. The fourth-order valence-corrected chi connectivity index (χ4v) is 1.23. The van der Waals surface area contributed by atoms with Gasteiger partial charge in [0.2, 0.25) is 5.88 Å². The Kier molecular flexibility index (Phi) is 3.87. The molecule has 1 aromatic rings. The number of alkyl halides is 5. The van der Waals surface area contributed by atoms with Crippen LogP contribution in [0, 0.1) is 6.92 Å². The van der Waals surface area contributed by atoms with E-state index < -0.39 is 24.4 Å². The van der Waals surface area contributed by atoms with Crippen LogP contribution in [0.3, 0.4) is 0 Å². The zero-order valence-electron chi connectivity index (χ0n) is 8.68. The molecule has 3 nitrogen and oxygen atoms in total. The summed E-state index contributed by atoms with van der Waals surface area (Å²) in [5.41, 5.74) is 4.43. The molecule has 0 aliphatic heterocycles. The Morgan fingerprint density at radius 3 is 2.41 bits per heavy atom. The minimum Gasteiger partial charge on any atom is -0.388 e. The summed E-state index contributed by atoms with van der Waals surface area (Å²) in [5, 5.41) is 0. The van der Waals surface area contributed by atoms with E-state index in [1.165, 1.54) is 6.92 Å². The van der Waals surface area contributed by atoms with E-state index in [2.05, 4.69) is 9.72 Å². The van der Waals surface area contributed by atoms with Gasteiger partial charge in [0.1, 0.15) is 5.69 Å². The van der Waals surface area contributed by atoms with E-state index in [9.17, 15) is 22.0 Å². The summed E-state index contributed by atoms with van der Waals surface area (Å²) in [6.07, 6.45) is -7.97. The summed E-state index contributed by atoms with van der Waals surface area (Å²) in [6.45, 7) is 1.02. The van der Waals surface area contributed by atoms with E-state index in [-0.39, 0.29) is 17.7 Å². The van der Waals surface area contributed by atoms with Crippen LogP contribution in [0.5, 0.6) is 5.88 Å². The predicted octanol–water partition coefficient (Wildman–Crippen LogP) is 2.68. The number of aromatic nitrogens is 1. The van der Waals surface area contributed by atoms with E-state index >= 15 is 0 Å². The Balaban J connectivity index is 3.22. The van der Waals surface area contributed by atoms with Crippen LogP contribution in [-0.4, -0.2) is 11.3 Å². The van der Waals surface area contributed by atoms with Crippen LogP contribution in [0.25, 0.3) is 0 Å². The van der Waals surface area contributed by atoms with Crippen molar-refractivity contribution in [3.05, 3.63) is 22.9 Å². The Labute approximate surface area is 93.4 Å². The van der Waals surface area contributed by atoms with E-state index in [1.54, 1.807) is 0 Å². The number of rotatable bonds is 3. The summed E-state index contributed by atoms with van der Waals surface area (Å²) in [7, 11) is 0. The van der Waals surface area contributed by atoms with Gasteiger partial charge < -0.3 is 10.5 Å². The molecule has 1 aromatic heterocycles. The van der Waals surface area contributed by atoms with Gasteiger partial charge in [0, 0.05) is 12.1 Å². The maximum Gasteiger partial charge on any atom is 0.574 e. The lowest BCUT2D eigenvalue weighted by Crippen LogP contribution is -2.20. The first-order valence-electron chi connectivity index (χ1n) is 4.49. The highest BCUT2D eigenvalue weighted by molar-refractivity contribution is 5.34. The molecule has 8 heteroatoms. The zero-order valence-corrected chi connectivity index (χ0v) is 8.68. The summed E-state index contributed by atoms with van der Waals surface area (Å²) < 4.78 is 64.4. The normalized spacial score (nSPS) is 12.0. The number of halogens is 5. The van der Waals surface area contributed by atoms with E-state index in [0.717, 1.165) is 6.07 Å². The average Bonchev–Trinajstić information content (AvgIpc) is 2.17. The third-order valence-corrected chi connectivity index (χ3v) is 1.93. The highest BCUT2D eigenvalue weighted by Gasteiger charge is 2.33. The molecule has 17 heavy (non-hydrogen) atoms. The largest absolute Gasteiger partial charge is 0.574 e. The zero-order chi connectivity index (χ0) is 13.2. The molecular weight excluding hydrogens is 247 g/mol. The van der Waals surface area contributed by atoms with Gasteiger partial charge in [-0.2, -0.15) is 0 Å². The Hall–Kier alpha value is -1.44. The van der Waals surface area contributed by atoms with Gasteiger partial charge in [-0.3, -0.25) is 0 Å². The smallest absolute Gasteiger partial charge is 0.388 e. The van der Waals surface area contributed by atoms with Gasteiger partial charge in [-0.1, -0.05) is 0 Å². The summed E-state index contributed by atoms with van der Waals surface area (Å²) in [6, 6.07) is 1.11. The quantitative estimate of drug-likeness (QED) is 0.846. The molecule has 1 heterocycles. The van der Waals surface area contributed by atoms with Gasteiger partial charge in [0.05, 0.1) is 0 Å². The van der Waals surface area contributed by atoms with Crippen molar-refractivity contribution in [1.29, 1.82) is 0 Å². The maximum atomic E-state index is 12.4. The minimum atomic E-state index is -4.99. The number of hydrogen-bond acceptors (Lipinski definition) is 3. The molecule has 96 valence electrons. The van der Waals surface area contributed by atoms with Crippen molar-refractivity contribution in [2.24, 2.45) is 5.73 Å². The van der Waals surface area contributed by atoms with Crippen molar-refractivity contribution in [2.75, 3.05) is 0 Å². The standard InChI is InChI=1S/C9H9F5N2O/c1-4-2-5(3-15)8(17-9(12,13)14)16-6(4)7(10)11/h2,7H,3,15H2,1H3. The molecule has 0 aliphatic rings. The molecule has 0 radical (unpaired) electrons. The molecule has 0 atom stereocenters. The first kappa shape index (κ1) is 13.6. The number of aryl methyl sites for hydroxylation is 1. The molecule has 1 rings (SSSR count). The first-order valence-corrected chi connectivity index (χ1v) is 4.49. The van der Waals surface area contributed by atoms with Gasteiger partial charge in [0.15, 0.2) is 0 Å². The van der Waals surface area contributed by atoms with Crippen LogP contribution in [-0.2, 0) is 6.54 Å². The maximum absolute atomic E-state index is 12.4. The Morgan fingerprint density at radius 1 is 1.41 bits per heavy atom. The summed E-state index contributed by atoms with van der Waals surface area (Å²) >= 11 is 0. The summed E-state index contributed by atoms with van der Waals surface area (Å²) in [4.78, 5) is 3.16. The van der Waals surface area contributed by atoms with Crippen LogP contribution in [0.4, 0.5) is 22.0 Å². The van der Waals surface area contributed by atoms with Gasteiger partial charge in [-0.15, -0.1) is 13.2 Å². The van der Waals surface area contributed by atoms with Crippen molar-refractivity contribution in [3.63, 3.8) is 0 Å². The third-order valence-electron chi connectivity index (χ3n) is 1.93. The fraction of sp³-hybridized carbons (Fsp3) is 0.444. The van der Waals surface area contributed by atoms with Gasteiger partial charge >= 0.3 is 6.36 Å². The molecule has 0 aliphatic carbocycles. The number of hydrogen-bond donors (Lipinski definition) is 1. The van der Waals surface area contributed by atoms with Crippen LogP contribution < -0.4 is 10.5 Å².